The molecule has 6 atom stereocenters. The number of rotatable bonds is 8. The molecule has 2 aliphatic rings. The highest BCUT2D eigenvalue weighted by atomic mass is 35.5. The van der Waals surface area contributed by atoms with Crippen molar-refractivity contribution in [2.45, 2.75) is 60.4 Å². The van der Waals surface area contributed by atoms with Crippen LogP contribution >= 0.6 is 23.4 Å². The van der Waals surface area contributed by atoms with Crippen LogP contribution in [0.2, 0.25) is 5.02 Å². The number of hydrogen-bond donors (Lipinski definition) is 4. The van der Waals surface area contributed by atoms with Crippen LogP contribution in [0.3, 0.4) is 0 Å². The summed E-state index contributed by atoms with van der Waals surface area (Å²) in [7, 11) is 1.60. The standard InChI is InChI=1S/C24H31ClF2N4O7S/c1-3-30(2)22(35)21(24(36)4-6-37-7-5-24)39-23-20(34)18(19(33)16(11-32)38-23)31-10-15(28-29-31)12-8-13(26)17(25)14(27)9-12/h8-10,16,18-21,23,32-34,36H,3-7,11H2,1-2H3/t16-,18+,19+,20-,21-,23+/m1/s1. The summed E-state index contributed by atoms with van der Waals surface area (Å²) in [6, 6.07) is 0.724. The Bertz CT molecular complexity index is 1150. The van der Waals surface area contributed by atoms with E-state index >= 15 is 0 Å². The molecule has 2 fully saturated rings. The zero-order chi connectivity index (χ0) is 28.5. The maximum absolute atomic E-state index is 14.0. The summed E-state index contributed by atoms with van der Waals surface area (Å²) in [5, 5.41) is 49.7. The maximum atomic E-state index is 14.0. The molecule has 0 bridgehead atoms. The molecule has 0 spiro atoms. The van der Waals surface area contributed by atoms with E-state index in [2.05, 4.69) is 10.3 Å². The lowest BCUT2D eigenvalue weighted by Crippen LogP contribution is -2.58. The van der Waals surface area contributed by atoms with Crippen molar-refractivity contribution in [3.63, 3.8) is 0 Å². The molecule has 0 unspecified atom stereocenters. The average molecular weight is 593 g/mol. The fourth-order valence-electron chi connectivity index (χ4n) is 4.64. The minimum absolute atomic E-state index is 0.0244. The van der Waals surface area contributed by atoms with Crippen molar-refractivity contribution in [2.24, 2.45) is 0 Å². The lowest BCUT2D eigenvalue weighted by atomic mass is 9.89. The van der Waals surface area contributed by atoms with Gasteiger partial charge in [0, 0.05) is 45.2 Å². The number of carbonyl (C=O) groups excluding carboxylic acids is 1. The number of aliphatic hydroxyl groups is 4. The van der Waals surface area contributed by atoms with Crippen LogP contribution in [0.5, 0.6) is 0 Å². The summed E-state index contributed by atoms with van der Waals surface area (Å²) in [6.07, 6.45) is -2.49. The lowest BCUT2D eigenvalue weighted by Gasteiger charge is -2.45. The van der Waals surface area contributed by atoms with Gasteiger partial charge >= 0.3 is 0 Å². The summed E-state index contributed by atoms with van der Waals surface area (Å²) in [6.45, 7) is 2.04. The van der Waals surface area contributed by atoms with Crippen molar-refractivity contribution in [1.82, 2.24) is 19.9 Å². The predicted octanol–water partition coefficient (Wildman–Crippen LogP) is 0.978. The van der Waals surface area contributed by atoms with Gasteiger partial charge in [-0.25, -0.2) is 13.5 Å². The number of aromatic nitrogens is 3. The average Bonchev–Trinajstić information content (AvgIpc) is 3.40. The normalized spacial score (nSPS) is 27.8. The molecule has 11 nitrogen and oxygen atoms in total. The van der Waals surface area contributed by atoms with Crippen LogP contribution in [0.25, 0.3) is 11.3 Å². The molecule has 2 aromatic rings. The van der Waals surface area contributed by atoms with E-state index in [9.17, 15) is 34.0 Å². The zero-order valence-corrected chi connectivity index (χ0v) is 22.9. The summed E-state index contributed by atoms with van der Waals surface area (Å²) in [4.78, 5) is 14.8. The van der Waals surface area contributed by atoms with Gasteiger partial charge in [0.1, 0.15) is 57.4 Å². The van der Waals surface area contributed by atoms with Crippen LogP contribution in [0.4, 0.5) is 8.78 Å². The van der Waals surface area contributed by atoms with Gasteiger partial charge in [0.05, 0.1) is 18.4 Å². The number of ether oxygens (including phenoxy) is 2. The molecule has 1 amide bonds. The van der Waals surface area contributed by atoms with Crippen molar-refractivity contribution in [1.29, 1.82) is 0 Å². The monoisotopic (exact) mass is 592 g/mol. The van der Waals surface area contributed by atoms with E-state index < -0.39 is 63.9 Å². The molecule has 15 heteroatoms. The van der Waals surface area contributed by atoms with Gasteiger partial charge in [-0.1, -0.05) is 16.8 Å². The number of halogens is 3. The quantitative estimate of drug-likeness (QED) is 0.327. The van der Waals surface area contributed by atoms with E-state index in [-0.39, 0.29) is 43.2 Å². The molecule has 2 saturated heterocycles. The molecule has 0 radical (unpaired) electrons. The fraction of sp³-hybridized carbons (Fsp3) is 0.625. The van der Waals surface area contributed by atoms with E-state index in [1.165, 1.54) is 11.1 Å². The Morgan fingerprint density at radius 3 is 2.51 bits per heavy atom. The van der Waals surface area contributed by atoms with Gasteiger partial charge in [0.15, 0.2) is 0 Å². The van der Waals surface area contributed by atoms with Gasteiger partial charge < -0.3 is 34.8 Å². The van der Waals surface area contributed by atoms with E-state index in [1.54, 1.807) is 14.0 Å². The van der Waals surface area contributed by atoms with Gasteiger partial charge in [-0.05, 0) is 19.1 Å². The minimum Gasteiger partial charge on any atom is -0.394 e. The van der Waals surface area contributed by atoms with Crippen LogP contribution in [-0.2, 0) is 14.3 Å². The number of hydrogen-bond acceptors (Lipinski definition) is 10. The molecule has 39 heavy (non-hydrogen) atoms. The van der Waals surface area contributed by atoms with Gasteiger partial charge in [-0.15, -0.1) is 16.9 Å². The molecule has 1 aromatic carbocycles. The summed E-state index contributed by atoms with van der Waals surface area (Å²) >= 11 is 6.45. The van der Waals surface area contributed by atoms with Crippen molar-refractivity contribution >= 4 is 29.3 Å². The molecular formula is C24H31ClF2N4O7S. The second-order valence-corrected chi connectivity index (χ2v) is 11.2. The lowest BCUT2D eigenvalue weighted by molar-refractivity contribution is -0.179. The Morgan fingerprint density at radius 1 is 1.28 bits per heavy atom. The van der Waals surface area contributed by atoms with Crippen molar-refractivity contribution in [3.05, 3.63) is 35.0 Å². The van der Waals surface area contributed by atoms with Gasteiger partial charge in [0.25, 0.3) is 0 Å². The topological polar surface area (TPSA) is 150 Å². The van der Waals surface area contributed by atoms with Crippen LogP contribution in [0.1, 0.15) is 25.8 Å². The highest BCUT2D eigenvalue weighted by molar-refractivity contribution is 8.01. The first-order chi connectivity index (χ1) is 18.5. The summed E-state index contributed by atoms with van der Waals surface area (Å²) in [5.41, 5.74) is -2.57. The number of nitrogens with zero attached hydrogens (tertiary/aromatic N) is 4. The molecular weight excluding hydrogens is 562 g/mol. The Balaban J connectivity index is 1.65. The number of amides is 1. The Morgan fingerprint density at radius 2 is 1.92 bits per heavy atom. The molecule has 4 rings (SSSR count). The van der Waals surface area contributed by atoms with Crippen molar-refractivity contribution in [3.8, 4) is 11.3 Å². The first kappa shape index (κ1) is 30.1. The van der Waals surface area contributed by atoms with Crippen LogP contribution in [0, 0.1) is 11.6 Å². The van der Waals surface area contributed by atoms with Crippen molar-refractivity contribution in [2.75, 3.05) is 33.4 Å². The Hall–Kier alpha value is -1.91. The highest BCUT2D eigenvalue weighted by Gasteiger charge is 2.51. The third-order valence-corrected chi connectivity index (χ3v) is 9.07. The predicted molar refractivity (Wildman–Crippen MR) is 137 cm³/mol. The Labute approximate surface area is 232 Å². The molecule has 2 aliphatic heterocycles. The van der Waals surface area contributed by atoms with Gasteiger partial charge in [-0.2, -0.15) is 0 Å². The smallest absolute Gasteiger partial charge is 0.238 e. The first-order valence-corrected chi connectivity index (χ1v) is 13.7. The van der Waals surface area contributed by atoms with Crippen LogP contribution in [-0.4, -0.2) is 114 Å². The zero-order valence-electron chi connectivity index (χ0n) is 21.3. The largest absolute Gasteiger partial charge is 0.394 e. The summed E-state index contributed by atoms with van der Waals surface area (Å²) in [5.74, 6) is -2.37. The second-order valence-electron chi connectivity index (χ2n) is 9.62. The molecule has 3 heterocycles. The van der Waals surface area contributed by atoms with E-state index in [1.807, 2.05) is 0 Å². The Kier molecular flexibility index (Phi) is 9.49. The number of thioether (sulfide) groups is 1. The van der Waals surface area contributed by atoms with E-state index in [0.717, 1.165) is 28.6 Å². The van der Waals surface area contributed by atoms with Crippen molar-refractivity contribution < 1.29 is 43.5 Å². The summed E-state index contributed by atoms with van der Waals surface area (Å²) < 4.78 is 40.3. The number of carbonyl (C=O) groups is 1. The van der Waals surface area contributed by atoms with Crippen LogP contribution in [0.15, 0.2) is 18.3 Å². The van der Waals surface area contributed by atoms with Gasteiger partial charge in [0.2, 0.25) is 5.91 Å². The molecule has 4 N–H and O–H groups in total. The van der Waals surface area contributed by atoms with E-state index in [4.69, 9.17) is 21.1 Å². The second kappa shape index (κ2) is 12.3. The molecule has 0 saturated carbocycles. The molecule has 1 aromatic heterocycles. The number of benzene rings is 1. The highest BCUT2D eigenvalue weighted by Crippen LogP contribution is 2.42. The third kappa shape index (κ3) is 6.07. The number of aliphatic hydroxyl groups excluding tert-OH is 3. The van der Waals surface area contributed by atoms with Gasteiger partial charge in [-0.3, -0.25) is 4.79 Å². The first-order valence-electron chi connectivity index (χ1n) is 12.4. The SMILES string of the molecule is CCN(C)C(=O)[C@@H](S[C@@H]1O[C@H](CO)[C@H](O)[C@H](n2cc(-c3cc(F)c(Cl)c(F)c3)nn2)[C@H]1O)C1(O)CCOCC1. The molecule has 216 valence electrons. The molecule has 0 aliphatic carbocycles. The third-order valence-electron chi connectivity index (χ3n) is 7.14. The maximum Gasteiger partial charge on any atom is 0.238 e. The minimum atomic E-state index is -1.49. The fourth-order valence-corrected chi connectivity index (χ4v) is 6.33. The van der Waals surface area contributed by atoms with E-state index in [0.29, 0.717) is 6.54 Å². The van der Waals surface area contributed by atoms with Crippen LogP contribution < -0.4 is 0 Å².